The number of anilines is 1. The third kappa shape index (κ3) is 5.47. The standard InChI is InChI=1S/C22H31N5O/c1-3-26-12-14-27(15-13-26)17-19-9-5-4-8-18(19)16-24-22(23)25-20-10-6-7-11-21(20)28-2/h4-11H,3,12-17H2,1-2H3,(H3,23,24,25). The first-order valence-electron chi connectivity index (χ1n) is 9.91. The Balaban J connectivity index is 1.62. The molecule has 0 aromatic heterocycles. The van der Waals surface area contributed by atoms with Crippen LogP contribution in [-0.2, 0) is 13.1 Å². The van der Waals surface area contributed by atoms with Gasteiger partial charge in [-0.15, -0.1) is 0 Å². The molecule has 150 valence electrons. The van der Waals surface area contributed by atoms with Gasteiger partial charge in [0.2, 0.25) is 0 Å². The second-order valence-electron chi connectivity index (χ2n) is 7.01. The molecular weight excluding hydrogens is 350 g/mol. The molecule has 0 amide bonds. The van der Waals surface area contributed by atoms with Gasteiger partial charge in [-0.25, -0.2) is 4.99 Å². The summed E-state index contributed by atoms with van der Waals surface area (Å²) < 4.78 is 5.35. The Hall–Kier alpha value is -2.57. The molecule has 0 atom stereocenters. The van der Waals surface area contributed by atoms with Crippen LogP contribution in [0, 0.1) is 0 Å². The quantitative estimate of drug-likeness (QED) is 0.570. The zero-order valence-corrected chi connectivity index (χ0v) is 16.9. The summed E-state index contributed by atoms with van der Waals surface area (Å²) in [6.45, 7) is 9.40. The van der Waals surface area contributed by atoms with Crippen molar-refractivity contribution in [3.8, 4) is 5.75 Å². The molecule has 1 fully saturated rings. The van der Waals surface area contributed by atoms with Crippen LogP contribution in [0.4, 0.5) is 5.69 Å². The van der Waals surface area contributed by atoms with Gasteiger partial charge in [0.05, 0.1) is 19.3 Å². The van der Waals surface area contributed by atoms with Gasteiger partial charge in [0.1, 0.15) is 5.75 Å². The Bertz CT molecular complexity index is 784. The largest absolute Gasteiger partial charge is 0.495 e. The number of nitrogens with zero attached hydrogens (tertiary/aromatic N) is 3. The van der Waals surface area contributed by atoms with Crippen molar-refractivity contribution in [3.05, 3.63) is 59.7 Å². The molecule has 1 aliphatic rings. The van der Waals surface area contributed by atoms with Crippen molar-refractivity contribution in [2.75, 3.05) is 45.2 Å². The van der Waals surface area contributed by atoms with Crippen molar-refractivity contribution in [2.24, 2.45) is 10.7 Å². The van der Waals surface area contributed by atoms with Crippen LogP contribution in [0.2, 0.25) is 0 Å². The molecule has 2 aromatic carbocycles. The van der Waals surface area contributed by atoms with Crippen LogP contribution in [0.1, 0.15) is 18.1 Å². The summed E-state index contributed by atoms with van der Waals surface area (Å²) >= 11 is 0. The van der Waals surface area contributed by atoms with Crippen LogP contribution < -0.4 is 15.8 Å². The van der Waals surface area contributed by atoms with Crippen LogP contribution in [0.3, 0.4) is 0 Å². The Morgan fingerprint density at radius 2 is 1.64 bits per heavy atom. The van der Waals surface area contributed by atoms with Gasteiger partial charge >= 0.3 is 0 Å². The molecule has 1 saturated heterocycles. The topological polar surface area (TPSA) is 66.1 Å². The Morgan fingerprint density at radius 3 is 2.36 bits per heavy atom. The normalized spacial score (nSPS) is 16.1. The van der Waals surface area contributed by atoms with E-state index in [0.717, 1.165) is 50.7 Å². The summed E-state index contributed by atoms with van der Waals surface area (Å²) in [7, 11) is 1.64. The number of rotatable bonds is 7. The number of likely N-dealkylation sites (N-methyl/N-ethyl adjacent to an activating group) is 1. The van der Waals surface area contributed by atoms with Crippen molar-refractivity contribution in [2.45, 2.75) is 20.0 Å². The average Bonchev–Trinajstić information content (AvgIpc) is 2.74. The van der Waals surface area contributed by atoms with E-state index >= 15 is 0 Å². The van der Waals surface area contributed by atoms with E-state index in [1.54, 1.807) is 7.11 Å². The van der Waals surface area contributed by atoms with Gasteiger partial charge in [0.25, 0.3) is 0 Å². The van der Waals surface area contributed by atoms with E-state index in [4.69, 9.17) is 10.5 Å². The number of methoxy groups -OCH3 is 1. The van der Waals surface area contributed by atoms with E-state index in [9.17, 15) is 0 Å². The molecule has 0 radical (unpaired) electrons. The Morgan fingerprint density at radius 1 is 1.00 bits per heavy atom. The Labute approximate surface area is 168 Å². The smallest absolute Gasteiger partial charge is 0.193 e. The molecule has 0 unspecified atom stereocenters. The van der Waals surface area contributed by atoms with Crippen LogP contribution >= 0.6 is 0 Å². The lowest BCUT2D eigenvalue weighted by Crippen LogP contribution is -2.45. The predicted octanol–water partition coefficient (Wildman–Crippen LogP) is 2.76. The first kappa shape index (κ1) is 20.2. The third-order valence-electron chi connectivity index (χ3n) is 5.21. The number of hydrogen-bond donors (Lipinski definition) is 2. The monoisotopic (exact) mass is 381 g/mol. The molecule has 3 rings (SSSR count). The molecule has 1 aliphatic heterocycles. The molecule has 0 spiro atoms. The summed E-state index contributed by atoms with van der Waals surface area (Å²) in [4.78, 5) is 9.56. The van der Waals surface area contributed by atoms with E-state index in [-0.39, 0.29) is 0 Å². The highest BCUT2D eigenvalue weighted by atomic mass is 16.5. The van der Waals surface area contributed by atoms with Crippen molar-refractivity contribution in [1.29, 1.82) is 0 Å². The summed E-state index contributed by atoms with van der Waals surface area (Å²) in [5.74, 6) is 1.13. The van der Waals surface area contributed by atoms with Crippen LogP contribution in [0.25, 0.3) is 0 Å². The van der Waals surface area contributed by atoms with E-state index < -0.39 is 0 Å². The van der Waals surface area contributed by atoms with Crippen LogP contribution in [0.5, 0.6) is 5.75 Å². The number of benzene rings is 2. The lowest BCUT2D eigenvalue weighted by molar-refractivity contribution is 0.131. The van der Waals surface area contributed by atoms with Gasteiger partial charge in [-0.05, 0) is 29.8 Å². The number of guanidine groups is 1. The van der Waals surface area contributed by atoms with Crippen molar-refractivity contribution in [3.63, 3.8) is 0 Å². The summed E-state index contributed by atoms with van der Waals surface area (Å²) in [5, 5.41) is 3.13. The molecule has 1 heterocycles. The number of para-hydroxylation sites is 2. The molecule has 3 N–H and O–H groups in total. The van der Waals surface area contributed by atoms with E-state index in [0.29, 0.717) is 12.5 Å². The minimum atomic E-state index is 0.385. The number of aliphatic imine (C=N–C) groups is 1. The first-order chi connectivity index (χ1) is 13.7. The number of nitrogens with two attached hydrogens (primary N) is 1. The van der Waals surface area contributed by atoms with Crippen molar-refractivity contribution in [1.82, 2.24) is 9.80 Å². The van der Waals surface area contributed by atoms with E-state index in [2.05, 4.69) is 51.3 Å². The summed E-state index contributed by atoms with van der Waals surface area (Å²) in [6, 6.07) is 16.2. The van der Waals surface area contributed by atoms with Crippen LogP contribution in [-0.4, -0.2) is 55.6 Å². The highest BCUT2D eigenvalue weighted by Crippen LogP contribution is 2.22. The highest BCUT2D eigenvalue weighted by molar-refractivity contribution is 5.93. The van der Waals surface area contributed by atoms with Gasteiger partial charge in [-0.2, -0.15) is 0 Å². The maximum atomic E-state index is 6.11. The average molecular weight is 382 g/mol. The number of nitrogens with one attached hydrogen (secondary N) is 1. The second kappa shape index (κ2) is 10.1. The first-order valence-corrected chi connectivity index (χ1v) is 9.91. The molecular formula is C22H31N5O. The fourth-order valence-corrected chi connectivity index (χ4v) is 3.47. The molecule has 2 aromatic rings. The van der Waals surface area contributed by atoms with Crippen molar-refractivity contribution >= 4 is 11.6 Å². The van der Waals surface area contributed by atoms with Gasteiger partial charge in [0, 0.05) is 32.7 Å². The fourth-order valence-electron chi connectivity index (χ4n) is 3.47. The molecule has 6 nitrogen and oxygen atoms in total. The number of hydrogen-bond acceptors (Lipinski definition) is 4. The van der Waals surface area contributed by atoms with Gasteiger partial charge in [-0.1, -0.05) is 43.3 Å². The number of piperazine rings is 1. The minimum Gasteiger partial charge on any atom is -0.495 e. The zero-order chi connectivity index (χ0) is 19.8. The predicted molar refractivity (Wildman–Crippen MR) is 116 cm³/mol. The molecule has 28 heavy (non-hydrogen) atoms. The molecule has 0 aliphatic carbocycles. The van der Waals surface area contributed by atoms with Crippen molar-refractivity contribution < 1.29 is 4.74 Å². The van der Waals surface area contributed by atoms with E-state index in [1.165, 1.54) is 11.1 Å². The third-order valence-corrected chi connectivity index (χ3v) is 5.21. The van der Waals surface area contributed by atoms with Gasteiger partial charge in [0.15, 0.2) is 5.96 Å². The highest BCUT2D eigenvalue weighted by Gasteiger charge is 2.16. The summed E-state index contributed by atoms with van der Waals surface area (Å²) in [6.07, 6.45) is 0. The molecule has 6 heteroatoms. The Kier molecular flexibility index (Phi) is 7.28. The number of ether oxygens (including phenoxy) is 1. The fraction of sp³-hybridized carbons (Fsp3) is 0.409. The lowest BCUT2D eigenvalue weighted by Gasteiger charge is -2.34. The summed E-state index contributed by atoms with van der Waals surface area (Å²) in [5.41, 5.74) is 9.46. The SMILES string of the molecule is CCN1CCN(Cc2ccccc2CN=C(N)Nc2ccccc2OC)CC1. The van der Waals surface area contributed by atoms with E-state index in [1.807, 2.05) is 24.3 Å². The lowest BCUT2D eigenvalue weighted by atomic mass is 10.1. The second-order valence-corrected chi connectivity index (χ2v) is 7.01. The maximum absolute atomic E-state index is 6.11. The van der Waals surface area contributed by atoms with Gasteiger partial charge in [-0.3, -0.25) is 4.90 Å². The maximum Gasteiger partial charge on any atom is 0.193 e. The zero-order valence-electron chi connectivity index (χ0n) is 16.9. The van der Waals surface area contributed by atoms with Crippen LogP contribution in [0.15, 0.2) is 53.5 Å². The van der Waals surface area contributed by atoms with Gasteiger partial charge < -0.3 is 20.7 Å². The molecule has 0 bridgehead atoms. The molecule has 0 saturated carbocycles. The minimum absolute atomic E-state index is 0.385.